The summed E-state index contributed by atoms with van der Waals surface area (Å²) < 4.78 is 5.18. The Bertz CT molecular complexity index is 429. The smallest absolute Gasteiger partial charge is 0.407 e. The molecule has 2 rings (SSSR count). The molecule has 1 aromatic carbocycles. The Morgan fingerprint density at radius 3 is 2.64 bits per heavy atom. The second-order valence-corrected chi connectivity index (χ2v) is 6.23. The molecule has 0 saturated heterocycles. The second kappa shape index (κ2) is 9.46. The van der Waals surface area contributed by atoms with Crippen molar-refractivity contribution in [2.24, 2.45) is 11.8 Å². The lowest BCUT2D eigenvalue weighted by Crippen LogP contribution is -2.32. The fraction of sp³-hybridized carbons (Fsp3) is 0.611. The first-order valence-electron chi connectivity index (χ1n) is 8.33. The molecule has 0 radical (unpaired) electrons. The van der Waals surface area contributed by atoms with Gasteiger partial charge in [0, 0.05) is 13.2 Å². The summed E-state index contributed by atoms with van der Waals surface area (Å²) in [4.78, 5) is 11.7. The van der Waals surface area contributed by atoms with E-state index in [1.165, 1.54) is 32.1 Å². The minimum absolute atomic E-state index is 0.121. The van der Waals surface area contributed by atoms with Crippen molar-refractivity contribution in [3.63, 3.8) is 0 Å². The van der Waals surface area contributed by atoms with Crippen LogP contribution in [0, 0.1) is 11.8 Å². The topological polar surface area (TPSA) is 58.6 Å². The highest BCUT2D eigenvalue weighted by Crippen LogP contribution is 2.28. The monoisotopic (exact) mass is 305 g/mol. The zero-order chi connectivity index (χ0) is 15.6. The van der Waals surface area contributed by atoms with Crippen LogP contribution in [-0.4, -0.2) is 24.4 Å². The number of hydrogen-bond acceptors (Lipinski definition) is 3. The Kier molecular flexibility index (Phi) is 7.23. The molecular formula is C18H27NO3. The van der Waals surface area contributed by atoms with E-state index < -0.39 is 6.09 Å². The SMILES string of the molecule is O=C(NCC(CO)CC1CCCCC1)OCc1ccccc1. The Hall–Kier alpha value is -1.55. The average Bonchev–Trinajstić information content (AvgIpc) is 2.58. The van der Waals surface area contributed by atoms with Crippen LogP contribution in [0.25, 0.3) is 0 Å². The van der Waals surface area contributed by atoms with Crippen molar-refractivity contribution in [2.45, 2.75) is 45.1 Å². The number of hydrogen-bond donors (Lipinski definition) is 2. The number of amides is 1. The van der Waals surface area contributed by atoms with Crippen LogP contribution in [0.1, 0.15) is 44.1 Å². The molecule has 1 aliphatic carbocycles. The first-order valence-corrected chi connectivity index (χ1v) is 8.33. The quantitative estimate of drug-likeness (QED) is 0.810. The van der Waals surface area contributed by atoms with Crippen LogP contribution in [0.5, 0.6) is 0 Å². The van der Waals surface area contributed by atoms with E-state index in [1.807, 2.05) is 30.3 Å². The third kappa shape index (κ3) is 6.06. The van der Waals surface area contributed by atoms with Crippen LogP contribution in [0.3, 0.4) is 0 Å². The van der Waals surface area contributed by atoms with Gasteiger partial charge in [0.1, 0.15) is 6.61 Å². The average molecular weight is 305 g/mol. The highest BCUT2D eigenvalue weighted by Gasteiger charge is 2.19. The molecular weight excluding hydrogens is 278 g/mol. The Morgan fingerprint density at radius 2 is 1.95 bits per heavy atom. The first-order chi connectivity index (χ1) is 10.8. The van der Waals surface area contributed by atoms with E-state index >= 15 is 0 Å². The van der Waals surface area contributed by atoms with Gasteiger partial charge in [0.05, 0.1) is 0 Å². The van der Waals surface area contributed by atoms with Crippen molar-refractivity contribution in [2.75, 3.05) is 13.2 Å². The van der Waals surface area contributed by atoms with Crippen molar-refractivity contribution >= 4 is 6.09 Å². The number of carbonyl (C=O) groups excluding carboxylic acids is 1. The van der Waals surface area contributed by atoms with E-state index in [2.05, 4.69) is 5.32 Å². The summed E-state index contributed by atoms with van der Waals surface area (Å²) in [6.45, 7) is 0.884. The molecule has 2 N–H and O–H groups in total. The second-order valence-electron chi connectivity index (χ2n) is 6.23. The highest BCUT2D eigenvalue weighted by atomic mass is 16.5. The number of nitrogens with one attached hydrogen (secondary N) is 1. The molecule has 1 saturated carbocycles. The predicted octanol–water partition coefficient (Wildman–Crippen LogP) is 3.49. The lowest BCUT2D eigenvalue weighted by molar-refractivity contribution is 0.131. The molecule has 1 fully saturated rings. The van der Waals surface area contributed by atoms with Crippen LogP contribution in [0.4, 0.5) is 4.79 Å². The lowest BCUT2D eigenvalue weighted by Gasteiger charge is -2.25. The standard InChI is InChI=1S/C18H27NO3/c20-13-17(11-15-7-3-1-4-8-15)12-19-18(21)22-14-16-9-5-2-6-10-16/h2,5-6,9-10,15,17,20H,1,3-4,7-8,11-14H2,(H,19,21). The fourth-order valence-electron chi connectivity index (χ4n) is 3.12. The first kappa shape index (κ1) is 16.8. The summed E-state index contributed by atoms with van der Waals surface area (Å²) in [5.41, 5.74) is 0.971. The third-order valence-electron chi connectivity index (χ3n) is 4.40. The molecule has 122 valence electrons. The van der Waals surface area contributed by atoms with Crippen LogP contribution < -0.4 is 5.32 Å². The zero-order valence-corrected chi connectivity index (χ0v) is 13.2. The number of alkyl carbamates (subject to hydrolysis) is 1. The van der Waals surface area contributed by atoms with E-state index in [-0.39, 0.29) is 19.1 Å². The minimum Gasteiger partial charge on any atom is -0.445 e. The number of rotatable bonds is 7. The molecule has 0 spiro atoms. The largest absolute Gasteiger partial charge is 0.445 e. The van der Waals surface area contributed by atoms with Crippen molar-refractivity contribution in [3.05, 3.63) is 35.9 Å². The number of carbonyl (C=O) groups is 1. The molecule has 1 aliphatic rings. The Morgan fingerprint density at radius 1 is 1.23 bits per heavy atom. The van der Waals surface area contributed by atoms with Gasteiger partial charge >= 0.3 is 6.09 Å². The van der Waals surface area contributed by atoms with Crippen LogP contribution in [-0.2, 0) is 11.3 Å². The molecule has 0 aliphatic heterocycles. The van der Waals surface area contributed by atoms with E-state index in [0.29, 0.717) is 12.5 Å². The number of aliphatic hydroxyl groups is 1. The van der Waals surface area contributed by atoms with E-state index in [4.69, 9.17) is 4.74 Å². The minimum atomic E-state index is -0.411. The van der Waals surface area contributed by atoms with Gasteiger partial charge in [0.15, 0.2) is 0 Å². The maximum Gasteiger partial charge on any atom is 0.407 e. The van der Waals surface area contributed by atoms with Crippen LogP contribution >= 0.6 is 0 Å². The third-order valence-corrected chi connectivity index (χ3v) is 4.40. The maximum atomic E-state index is 11.7. The van der Waals surface area contributed by atoms with Gasteiger partial charge in [0.2, 0.25) is 0 Å². The summed E-state index contributed by atoms with van der Waals surface area (Å²) in [5, 5.41) is 12.3. The summed E-state index contributed by atoms with van der Waals surface area (Å²) in [5.74, 6) is 0.834. The molecule has 1 aromatic rings. The van der Waals surface area contributed by atoms with Gasteiger partial charge in [-0.3, -0.25) is 0 Å². The summed E-state index contributed by atoms with van der Waals surface area (Å²) in [6, 6.07) is 9.62. The van der Waals surface area contributed by atoms with Gasteiger partial charge in [0.25, 0.3) is 0 Å². The lowest BCUT2D eigenvalue weighted by atomic mass is 9.83. The molecule has 0 aromatic heterocycles. The molecule has 1 atom stereocenters. The van der Waals surface area contributed by atoms with Crippen molar-refractivity contribution in [3.8, 4) is 0 Å². The fourth-order valence-corrected chi connectivity index (χ4v) is 3.12. The van der Waals surface area contributed by atoms with Crippen molar-refractivity contribution in [1.29, 1.82) is 0 Å². The number of benzene rings is 1. The molecule has 4 nitrogen and oxygen atoms in total. The van der Waals surface area contributed by atoms with Gasteiger partial charge < -0.3 is 15.2 Å². The van der Waals surface area contributed by atoms with Gasteiger partial charge in [-0.2, -0.15) is 0 Å². The van der Waals surface area contributed by atoms with E-state index in [9.17, 15) is 9.90 Å². The maximum absolute atomic E-state index is 11.7. The predicted molar refractivity (Wildman–Crippen MR) is 86.4 cm³/mol. The summed E-state index contributed by atoms with van der Waals surface area (Å²) >= 11 is 0. The van der Waals surface area contributed by atoms with E-state index in [1.54, 1.807) is 0 Å². The Balaban J connectivity index is 1.65. The van der Waals surface area contributed by atoms with Crippen molar-refractivity contribution in [1.82, 2.24) is 5.32 Å². The van der Waals surface area contributed by atoms with Gasteiger partial charge in [-0.15, -0.1) is 0 Å². The van der Waals surface area contributed by atoms with Gasteiger partial charge in [-0.05, 0) is 23.8 Å². The normalized spacial score (nSPS) is 17.0. The zero-order valence-electron chi connectivity index (χ0n) is 13.2. The number of ether oxygens (including phenoxy) is 1. The van der Waals surface area contributed by atoms with E-state index in [0.717, 1.165) is 12.0 Å². The molecule has 0 heterocycles. The summed E-state index contributed by atoms with van der Waals surface area (Å²) in [6.07, 6.45) is 7.04. The van der Waals surface area contributed by atoms with Crippen LogP contribution in [0.2, 0.25) is 0 Å². The van der Waals surface area contributed by atoms with Crippen molar-refractivity contribution < 1.29 is 14.6 Å². The van der Waals surface area contributed by atoms with Crippen LogP contribution in [0.15, 0.2) is 30.3 Å². The molecule has 0 bridgehead atoms. The number of aliphatic hydroxyl groups excluding tert-OH is 1. The molecule has 1 amide bonds. The molecule has 1 unspecified atom stereocenters. The molecule has 22 heavy (non-hydrogen) atoms. The van der Waals surface area contributed by atoms with Gasteiger partial charge in [-0.25, -0.2) is 4.79 Å². The highest BCUT2D eigenvalue weighted by molar-refractivity contribution is 5.67. The molecule has 4 heteroatoms. The van der Waals surface area contributed by atoms with Gasteiger partial charge in [-0.1, -0.05) is 62.4 Å². The summed E-state index contributed by atoms with van der Waals surface area (Å²) in [7, 11) is 0. The Labute approximate surface area is 132 Å².